The number of Topliss-reactive ketones (excluding diaryl/α,β-unsaturated/α-hetero) is 1. The maximum Gasteiger partial charge on any atom is 0.267 e. The molecule has 2 heterocycles. The largest absolute Gasteiger partial charge is 0.356 e. The van der Waals surface area contributed by atoms with Gasteiger partial charge in [-0.2, -0.15) is 5.10 Å². The van der Waals surface area contributed by atoms with Crippen LogP contribution in [-0.2, 0) is 6.54 Å². The van der Waals surface area contributed by atoms with Crippen LogP contribution in [0.2, 0.25) is 0 Å². The topological polar surface area (TPSA) is 78.0 Å². The summed E-state index contributed by atoms with van der Waals surface area (Å²) in [4.78, 5) is 24.9. The van der Waals surface area contributed by atoms with Crippen molar-refractivity contribution in [1.29, 1.82) is 0 Å². The van der Waals surface area contributed by atoms with Gasteiger partial charge in [-0.05, 0) is 19.8 Å². The van der Waals surface area contributed by atoms with Gasteiger partial charge in [-0.3, -0.25) is 9.59 Å². The smallest absolute Gasteiger partial charge is 0.267 e. The number of hydrogen-bond donors (Lipinski definition) is 0. The zero-order chi connectivity index (χ0) is 17.4. The molecule has 1 fully saturated rings. The molecule has 25 heavy (non-hydrogen) atoms. The van der Waals surface area contributed by atoms with Gasteiger partial charge in [-0.15, -0.1) is 0 Å². The van der Waals surface area contributed by atoms with Crippen LogP contribution in [0.3, 0.4) is 0 Å². The van der Waals surface area contributed by atoms with E-state index in [4.69, 9.17) is 4.52 Å². The Morgan fingerprint density at radius 1 is 1.24 bits per heavy atom. The van der Waals surface area contributed by atoms with Gasteiger partial charge >= 0.3 is 0 Å². The zero-order valence-corrected chi connectivity index (χ0v) is 13.8. The number of rotatable bonds is 5. The number of carbonyl (C=O) groups excluding carboxylic acids is 1. The van der Waals surface area contributed by atoms with E-state index in [2.05, 4.69) is 10.3 Å². The third kappa shape index (κ3) is 3.15. The lowest BCUT2D eigenvalue weighted by Gasteiger charge is -2.09. The Bertz CT molecular complexity index is 985. The number of carbonyl (C=O) groups is 1. The number of nitrogens with zero attached hydrogens (tertiary/aromatic N) is 3. The molecule has 0 amide bonds. The third-order valence-electron chi connectivity index (χ3n) is 4.27. The number of benzene rings is 1. The first-order chi connectivity index (χ1) is 12.1. The van der Waals surface area contributed by atoms with Crippen molar-refractivity contribution >= 4 is 5.78 Å². The molecule has 4 rings (SSSR count). The Morgan fingerprint density at radius 3 is 2.64 bits per heavy atom. The molecule has 6 heteroatoms. The molecule has 0 spiro atoms. The molecule has 6 nitrogen and oxygen atoms in total. The minimum absolute atomic E-state index is 0.0712. The summed E-state index contributed by atoms with van der Waals surface area (Å²) in [6.07, 6.45) is 2.05. The number of ketones is 1. The van der Waals surface area contributed by atoms with Gasteiger partial charge in [0.2, 0.25) is 0 Å². The van der Waals surface area contributed by atoms with Gasteiger partial charge in [0.15, 0.2) is 11.5 Å². The molecule has 1 aliphatic carbocycles. The molecule has 0 unspecified atom stereocenters. The summed E-state index contributed by atoms with van der Waals surface area (Å²) in [6.45, 7) is 1.76. The lowest BCUT2D eigenvalue weighted by Crippen LogP contribution is -2.27. The van der Waals surface area contributed by atoms with Crippen molar-refractivity contribution in [2.75, 3.05) is 0 Å². The molecule has 1 aliphatic rings. The Kier molecular flexibility index (Phi) is 3.80. The van der Waals surface area contributed by atoms with Crippen LogP contribution in [0.25, 0.3) is 11.3 Å². The molecule has 0 bridgehead atoms. The van der Waals surface area contributed by atoms with E-state index in [0.29, 0.717) is 22.8 Å². The van der Waals surface area contributed by atoms with E-state index in [1.54, 1.807) is 30.3 Å². The highest BCUT2D eigenvalue weighted by atomic mass is 16.5. The summed E-state index contributed by atoms with van der Waals surface area (Å²) in [5.74, 6) is 0.713. The molecule has 1 aromatic carbocycles. The van der Waals surface area contributed by atoms with Crippen molar-refractivity contribution in [3.63, 3.8) is 0 Å². The van der Waals surface area contributed by atoms with Crippen LogP contribution in [0.1, 0.15) is 40.5 Å². The van der Waals surface area contributed by atoms with Crippen LogP contribution in [0.5, 0.6) is 0 Å². The van der Waals surface area contributed by atoms with Crippen molar-refractivity contribution in [2.45, 2.75) is 32.2 Å². The van der Waals surface area contributed by atoms with Crippen molar-refractivity contribution < 1.29 is 9.32 Å². The van der Waals surface area contributed by atoms with Crippen molar-refractivity contribution in [1.82, 2.24) is 14.9 Å². The third-order valence-corrected chi connectivity index (χ3v) is 4.27. The number of aromatic nitrogens is 3. The highest BCUT2D eigenvalue weighted by Gasteiger charge is 2.30. The van der Waals surface area contributed by atoms with Gasteiger partial charge < -0.3 is 4.52 Å². The fraction of sp³-hybridized carbons (Fsp3) is 0.263. The van der Waals surface area contributed by atoms with Gasteiger partial charge in [-0.1, -0.05) is 35.5 Å². The van der Waals surface area contributed by atoms with E-state index >= 15 is 0 Å². The van der Waals surface area contributed by atoms with Gasteiger partial charge in [0.25, 0.3) is 5.56 Å². The van der Waals surface area contributed by atoms with E-state index in [1.807, 2.05) is 13.0 Å². The number of aryl methyl sites for hydroxylation is 1. The summed E-state index contributed by atoms with van der Waals surface area (Å²) < 4.78 is 6.55. The maximum atomic E-state index is 12.5. The van der Waals surface area contributed by atoms with E-state index in [0.717, 1.165) is 24.2 Å². The van der Waals surface area contributed by atoms with Crippen LogP contribution < -0.4 is 5.56 Å². The molecule has 0 radical (unpaired) electrons. The average Bonchev–Trinajstić information content (AvgIpc) is 3.38. The lowest BCUT2D eigenvalue weighted by atomic mass is 10.1. The second kappa shape index (κ2) is 6.12. The van der Waals surface area contributed by atoms with E-state index in [1.165, 1.54) is 10.7 Å². The molecule has 0 saturated heterocycles. The quantitative estimate of drug-likeness (QED) is 0.670. The Morgan fingerprint density at radius 2 is 2.00 bits per heavy atom. The molecule has 2 aromatic heterocycles. The maximum absolute atomic E-state index is 12.5. The van der Waals surface area contributed by atoms with Crippen LogP contribution in [0.15, 0.2) is 51.8 Å². The predicted molar refractivity (Wildman–Crippen MR) is 91.5 cm³/mol. The van der Waals surface area contributed by atoms with Crippen LogP contribution in [0, 0.1) is 6.92 Å². The first-order valence-corrected chi connectivity index (χ1v) is 8.26. The van der Waals surface area contributed by atoms with Crippen molar-refractivity contribution in [2.24, 2.45) is 0 Å². The van der Waals surface area contributed by atoms with Crippen LogP contribution in [0.4, 0.5) is 0 Å². The van der Waals surface area contributed by atoms with Gasteiger partial charge in [-0.25, -0.2) is 4.68 Å². The minimum Gasteiger partial charge on any atom is -0.356 e. The molecule has 3 aromatic rings. The van der Waals surface area contributed by atoms with Crippen molar-refractivity contribution in [3.05, 3.63) is 69.8 Å². The second-order valence-electron chi connectivity index (χ2n) is 6.34. The van der Waals surface area contributed by atoms with Crippen LogP contribution in [-0.4, -0.2) is 20.7 Å². The SMILES string of the molecule is Cc1cc(-c2cc(=O)n(CC(=O)c3ccccc3)nc2C2CC2)on1. The molecule has 0 N–H and O–H groups in total. The standard InChI is InChI=1S/C19H17N3O3/c1-12-9-17(25-21-12)15-10-18(24)22(20-19(15)14-7-8-14)11-16(23)13-5-3-2-4-6-13/h2-6,9-10,14H,7-8,11H2,1H3. The Balaban J connectivity index is 1.71. The van der Waals surface area contributed by atoms with Gasteiger partial charge in [0, 0.05) is 29.2 Å². The predicted octanol–water partition coefficient (Wildman–Crippen LogP) is 2.97. The molecule has 1 saturated carbocycles. The summed E-state index contributed by atoms with van der Waals surface area (Å²) in [7, 11) is 0. The summed E-state index contributed by atoms with van der Waals surface area (Å²) in [6, 6.07) is 12.2. The summed E-state index contributed by atoms with van der Waals surface area (Å²) in [5, 5.41) is 8.37. The highest BCUT2D eigenvalue weighted by molar-refractivity contribution is 5.95. The molecule has 0 aliphatic heterocycles. The molecule has 0 atom stereocenters. The molecular weight excluding hydrogens is 318 g/mol. The fourth-order valence-electron chi connectivity index (χ4n) is 2.82. The average molecular weight is 335 g/mol. The van der Waals surface area contributed by atoms with Crippen molar-refractivity contribution in [3.8, 4) is 11.3 Å². The Labute approximate surface area is 144 Å². The fourth-order valence-corrected chi connectivity index (χ4v) is 2.82. The van der Waals surface area contributed by atoms with Gasteiger partial charge in [0.1, 0.15) is 6.54 Å². The second-order valence-corrected chi connectivity index (χ2v) is 6.34. The number of hydrogen-bond acceptors (Lipinski definition) is 5. The first kappa shape index (κ1) is 15.5. The summed E-state index contributed by atoms with van der Waals surface area (Å²) in [5.41, 5.74) is 2.48. The monoisotopic (exact) mass is 335 g/mol. The first-order valence-electron chi connectivity index (χ1n) is 8.26. The van der Waals surface area contributed by atoms with Crippen LogP contribution >= 0.6 is 0 Å². The lowest BCUT2D eigenvalue weighted by molar-refractivity contribution is 0.0965. The highest BCUT2D eigenvalue weighted by Crippen LogP contribution is 2.42. The van der Waals surface area contributed by atoms with E-state index in [-0.39, 0.29) is 17.9 Å². The minimum atomic E-state index is -0.322. The molecule has 126 valence electrons. The van der Waals surface area contributed by atoms with E-state index < -0.39 is 0 Å². The zero-order valence-electron chi connectivity index (χ0n) is 13.8. The van der Waals surface area contributed by atoms with E-state index in [9.17, 15) is 9.59 Å². The normalized spacial score (nSPS) is 13.8. The van der Waals surface area contributed by atoms with Gasteiger partial charge in [0.05, 0.1) is 11.4 Å². The summed E-state index contributed by atoms with van der Waals surface area (Å²) >= 11 is 0. The molecular formula is C19H17N3O3. The Hall–Kier alpha value is -3.02.